The minimum absolute atomic E-state index is 0.0437. The number of fused-ring (bicyclic) bond motifs is 1. The highest BCUT2D eigenvalue weighted by Crippen LogP contribution is 2.28. The maximum atomic E-state index is 12.6. The van der Waals surface area contributed by atoms with Crippen LogP contribution >= 0.6 is 27.3 Å². The van der Waals surface area contributed by atoms with E-state index in [-0.39, 0.29) is 12.5 Å². The molecule has 1 aromatic heterocycles. The van der Waals surface area contributed by atoms with Gasteiger partial charge in [0, 0.05) is 35.1 Å². The summed E-state index contributed by atoms with van der Waals surface area (Å²) in [6, 6.07) is 12.0. The molecule has 0 spiro atoms. The van der Waals surface area contributed by atoms with Crippen molar-refractivity contribution < 1.29 is 9.53 Å². The van der Waals surface area contributed by atoms with Crippen molar-refractivity contribution in [3.63, 3.8) is 0 Å². The van der Waals surface area contributed by atoms with Crippen molar-refractivity contribution in [3.05, 3.63) is 57.5 Å². The molecule has 1 aliphatic heterocycles. The van der Waals surface area contributed by atoms with E-state index in [1.54, 1.807) is 11.3 Å². The van der Waals surface area contributed by atoms with Crippen molar-refractivity contribution >= 4 is 43.9 Å². The summed E-state index contributed by atoms with van der Waals surface area (Å²) < 4.78 is 6.82. The third-order valence-electron chi connectivity index (χ3n) is 4.71. The van der Waals surface area contributed by atoms with Crippen molar-refractivity contribution in [2.75, 3.05) is 19.7 Å². The summed E-state index contributed by atoms with van der Waals surface area (Å²) in [5, 5.41) is 5.36. The number of thiazole rings is 1. The molecule has 1 atom stereocenters. The Morgan fingerprint density at radius 2 is 2.12 bits per heavy atom. The molecule has 2 heterocycles. The number of hydrogen-bond donors (Lipinski definition) is 0. The van der Waals surface area contributed by atoms with E-state index in [1.807, 2.05) is 46.8 Å². The second-order valence-electron chi connectivity index (χ2n) is 6.49. The number of carbonyl (C=O) groups is 1. The summed E-state index contributed by atoms with van der Waals surface area (Å²) in [6.45, 7) is 1.61. The summed E-state index contributed by atoms with van der Waals surface area (Å²) in [5.74, 6) is 1.12. The quantitative estimate of drug-likeness (QED) is 0.594. The minimum Gasteiger partial charge on any atom is -0.484 e. The first kappa shape index (κ1) is 17.5. The number of amides is 1. The van der Waals surface area contributed by atoms with Crippen LogP contribution in [0.3, 0.4) is 0 Å². The van der Waals surface area contributed by atoms with Gasteiger partial charge in [0.05, 0.1) is 5.01 Å². The number of rotatable bonds is 4. The Bertz CT molecular complexity index is 913. The third-order valence-corrected chi connectivity index (χ3v) is 6.14. The van der Waals surface area contributed by atoms with Gasteiger partial charge in [-0.1, -0.05) is 28.1 Å². The Morgan fingerprint density at radius 1 is 1.27 bits per heavy atom. The highest BCUT2D eigenvalue weighted by Gasteiger charge is 2.26. The van der Waals surface area contributed by atoms with Gasteiger partial charge in [-0.05, 0) is 47.9 Å². The van der Waals surface area contributed by atoms with E-state index >= 15 is 0 Å². The summed E-state index contributed by atoms with van der Waals surface area (Å²) in [6.07, 6.45) is 3.95. The normalized spacial score (nSPS) is 17.4. The first-order valence-corrected chi connectivity index (χ1v) is 10.4. The Kier molecular flexibility index (Phi) is 5.22. The number of aromatic nitrogens is 1. The predicted octanol–water partition coefficient (Wildman–Crippen LogP) is 4.84. The SMILES string of the molecule is O=C(COc1ccc2cc(Br)ccc2c1)N1CCCC(c2nccs2)C1. The molecule has 0 saturated carbocycles. The minimum atomic E-state index is 0.0437. The number of nitrogens with zero attached hydrogens (tertiary/aromatic N) is 2. The van der Waals surface area contributed by atoms with Gasteiger partial charge in [-0.25, -0.2) is 4.98 Å². The molecule has 0 radical (unpaired) electrons. The molecule has 1 saturated heterocycles. The van der Waals surface area contributed by atoms with Crippen LogP contribution in [0, 0.1) is 0 Å². The first-order valence-electron chi connectivity index (χ1n) is 8.68. The molecule has 4 rings (SSSR count). The molecule has 2 aromatic carbocycles. The molecule has 0 aliphatic carbocycles. The van der Waals surface area contributed by atoms with Gasteiger partial charge < -0.3 is 9.64 Å². The highest BCUT2D eigenvalue weighted by atomic mass is 79.9. The molecule has 1 fully saturated rings. The fraction of sp³-hybridized carbons (Fsp3) is 0.300. The van der Waals surface area contributed by atoms with E-state index < -0.39 is 0 Å². The molecule has 1 aliphatic rings. The van der Waals surface area contributed by atoms with Crippen molar-refractivity contribution in [2.45, 2.75) is 18.8 Å². The van der Waals surface area contributed by atoms with Crippen LogP contribution in [0.25, 0.3) is 10.8 Å². The number of likely N-dealkylation sites (tertiary alicyclic amines) is 1. The third kappa shape index (κ3) is 3.91. The molecule has 1 amide bonds. The largest absolute Gasteiger partial charge is 0.484 e. The van der Waals surface area contributed by atoms with E-state index in [2.05, 4.69) is 27.0 Å². The van der Waals surface area contributed by atoms with Gasteiger partial charge in [0.2, 0.25) is 0 Å². The Labute approximate surface area is 164 Å². The van der Waals surface area contributed by atoms with Crippen LogP contribution in [0.1, 0.15) is 23.8 Å². The topological polar surface area (TPSA) is 42.4 Å². The van der Waals surface area contributed by atoms with Crippen LogP contribution < -0.4 is 4.74 Å². The van der Waals surface area contributed by atoms with Crippen LogP contribution in [0.15, 0.2) is 52.4 Å². The molecule has 134 valence electrons. The monoisotopic (exact) mass is 430 g/mol. The Hall–Kier alpha value is -1.92. The smallest absolute Gasteiger partial charge is 0.260 e. The molecule has 26 heavy (non-hydrogen) atoms. The molecule has 6 heteroatoms. The Morgan fingerprint density at radius 3 is 2.96 bits per heavy atom. The van der Waals surface area contributed by atoms with Gasteiger partial charge in [0.15, 0.2) is 6.61 Å². The zero-order chi connectivity index (χ0) is 17.9. The number of hydrogen-bond acceptors (Lipinski definition) is 4. The number of halogens is 1. The maximum Gasteiger partial charge on any atom is 0.260 e. The number of ether oxygens (including phenoxy) is 1. The van der Waals surface area contributed by atoms with Gasteiger partial charge in [-0.3, -0.25) is 4.79 Å². The van der Waals surface area contributed by atoms with Crippen molar-refractivity contribution in [3.8, 4) is 5.75 Å². The molecular formula is C20H19BrN2O2S. The van der Waals surface area contributed by atoms with Crippen LogP contribution in [-0.2, 0) is 4.79 Å². The zero-order valence-electron chi connectivity index (χ0n) is 14.2. The zero-order valence-corrected chi connectivity index (χ0v) is 16.6. The van der Waals surface area contributed by atoms with Crippen LogP contribution in [0.2, 0.25) is 0 Å². The maximum absolute atomic E-state index is 12.6. The lowest BCUT2D eigenvalue weighted by Gasteiger charge is -2.31. The van der Waals surface area contributed by atoms with Crippen LogP contribution in [-0.4, -0.2) is 35.5 Å². The lowest BCUT2D eigenvalue weighted by Crippen LogP contribution is -2.41. The van der Waals surface area contributed by atoms with E-state index in [0.717, 1.165) is 51.9 Å². The fourth-order valence-electron chi connectivity index (χ4n) is 3.36. The van der Waals surface area contributed by atoms with Gasteiger partial charge >= 0.3 is 0 Å². The Balaban J connectivity index is 1.38. The molecular weight excluding hydrogens is 412 g/mol. The van der Waals surface area contributed by atoms with Gasteiger partial charge in [-0.2, -0.15) is 0 Å². The number of piperidine rings is 1. The predicted molar refractivity (Wildman–Crippen MR) is 108 cm³/mol. The summed E-state index contributed by atoms with van der Waals surface area (Å²) in [5.41, 5.74) is 0. The highest BCUT2D eigenvalue weighted by molar-refractivity contribution is 9.10. The average Bonchev–Trinajstić information content (AvgIpc) is 3.21. The number of benzene rings is 2. The fourth-order valence-corrected chi connectivity index (χ4v) is 4.51. The second kappa shape index (κ2) is 7.76. The molecule has 4 nitrogen and oxygen atoms in total. The second-order valence-corrected chi connectivity index (χ2v) is 8.33. The number of carbonyl (C=O) groups excluding carboxylic acids is 1. The van der Waals surface area contributed by atoms with Crippen molar-refractivity contribution in [2.24, 2.45) is 0 Å². The van der Waals surface area contributed by atoms with Crippen LogP contribution in [0.4, 0.5) is 0 Å². The molecule has 0 bridgehead atoms. The lowest BCUT2D eigenvalue weighted by atomic mass is 9.99. The van der Waals surface area contributed by atoms with Gasteiger partial charge in [-0.15, -0.1) is 11.3 Å². The van der Waals surface area contributed by atoms with E-state index in [9.17, 15) is 4.79 Å². The first-order chi connectivity index (χ1) is 12.7. The summed E-state index contributed by atoms with van der Waals surface area (Å²) in [7, 11) is 0. The standard InChI is InChI=1S/C20H19BrN2O2S/c21-17-5-3-15-11-18(6-4-14(15)10-17)25-13-19(24)23-8-1-2-16(12-23)20-22-7-9-26-20/h3-7,9-11,16H,1-2,8,12-13H2. The summed E-state index contributed by atoms with van der Waals surface area (Å²) in [4.78, 5) is 18.9. The van der Waals surface area contributed by atoms with E-state index in [0.29, 0.717) is 5.92 Å². The lowest BCUT2D eigenvalue weighted by molar-refractivity contribution is -0.134. The van der Waals surface area contributed by atoms with Crippen LogP contribution in [0.5, 0.6) is 5.75 Å². The molecule has 0 N–H and O–H groups in total. The van der Waals surface area contributed by atoms with Crippen molar-refractivity contribution in [1.29, 1.82) is 0 Å². The van der Waals surface area contributed by atoms with Gasteiger partial charge in [0.1, 0.15) is 5.75 Å². The van der Waals surface area contributed by atoms with E-state index in [1.165, 1.54) is 0 Å². The molecule has 3 aromatic rings. The van der Waals surface area contributed by atoms with Crippen molar-refractivity contribution in [1.82, 2.24) is 9.88 Å². The van der Waals surface area contributed by atoms with Gasteiger partial charge in [0.25, 0.3) is 5.91 Å². The summed E-state index contributed by atoms with van der Waals surface area (Å²) >= 11 is 5.15. The van der Waals surface area contributed by atoms with E-state index in [4.69, 9.17) is 4.74 Å². The molecule has 1 unspecified atom stereocenters. The average molecular weight is 431 g/mol.